The SMILES string of the molecule is CCOC(=O)c1sc2ncn3nc(CC45CC6CC(CC(C6)C4)C5)nc3c2c1C. The van der Waals surface area contributed by atoms with Gasteiger partial charge in [-0.25, -0.2) is 19.3 Å². The van der Waals surface area contributed by atoms with E-state index >= 15 is 0 Å². The Labute approximate surface area is 173 Å². The van der Waals surface area contributed by atoms with Crippen molar-refractivity contribution >= 4 is 33.2 Å². The fourth-order valence-corrected chi connectivity index (χ4v) is 7.92. The number of aromatic nitrogens is 4. The second-order valence-electron chi connectivity index (χ2n) is 9.59. The third-order valence-corrected chi connectivity index (χ3v) is 8.65. The Morgan fingerprint density at radius 2 is 1.93 bits per heavy atom. The molecule has 29 heavy (non-hydrogen) atoms. The molecule has 4 aliphatic rings. The molecule has 7 heteroatoms. The van der Waals surface area contributed by atoms with Gasteiger partial charge in [0.15, 0.2) is 11.5 Å². The quantitative estimate of drug-likeness (QED) is 0.589. The smallest absolute Gasteiger partial charge is 0.348 e. The van der Waals surface area contributed by atoms with E-state index in [2.05, 4.69) is 4.98 Å². The van der Waals surface area contributed by atoms with Crippen LogP contribution in [0.25, 0.3) is 15.9 Å². The molecule has 0 unspecified atom stereocenters. The van der Waals surface area contributed by atoms with Gasteiger partial charge in [0.2, 0.25) is 0 Å². The van der Waals surface area contributed by atoms with E-state index in [0.29, 0.717) is 16.9 Å². The molecule has 0 amide bonds. The number of nitrogens with zero attached hydrogens (tertiary/aromatic N) is 4. The molecule has 0 saturated heterocycles. The second-order valence-corrected chi connectivity index (χ2v) is 10.6. The lowest BCUT2D eigenvalue weighted by atomic mass is 9.49. The Balaban J connectivity index is 1.39. The van der Waals surface area contributed by atoms with Crippen LogP contribution in [0.5, 0.6) is 0 Å². The Morgan fingerprint density at radius 1 is 1.24 bits per heavy atom. The number of esters is 1. The third-order valence-electron chi connectivity index (χ3n) is 7.47. The van der Waals surface area contributed by atoms with Crippen LogP contribution < -0.4 is 0 Å². The number of rotatable bonds is 4. The molecule has 4 saturated carbocycles. The average Bonchev–Trinajstić information content (AvgIpc) is 3.20. The van der Waals surface area contributed by atoms with Crippen LogP contribution in [-0.2, 0) is 11.2 Å². The molecule has 152 valence electrons. The molecule has 0 atom stereocenters. The summed E-state index contributed by atoms with van der Waals surface area (Å²) in [6, 6.07) is 0. The van der Waals surface area contributed by atoms with Gasteiger partial charge in [-0.1, -0.05) is 0 Å². The summed E-state index contributed by atoms with van der Waals surface area (Å²) in [6.45, 7) is 4.15. The third kappa shape index (κ3) is 2.73. The highest BCUT2D eigenvalue weighted by Gasteiger charge is 2.51. The molecule has 4 fully saturated rings. The molecule has 0 aliphatic heterocycles. The average molecular weight is 411 g/mol. The van der Waals surface area contributed by atoms with Gasteiger partial charge >= 0.3 is 5.97 Å². The van der Waals surface area contributed by atoms with Crippen molar-refractivity contribution < 1.29 is 9.53 Å². The number of carbonyl (C=O) groups excluding carboxylic acids is 1. The number of ether oxygens (including phenoxy) is 1. The normalized spacial score (nSPS) is 30.5. The molecule has 3 heterocycles. The van der Waals surface area contributed by atoms with Crippen molar-refractivity contribution in [3.63, 3.8) is 0 Å². The van der Waals surface area contributed by atoms with E-state index in [1.165, 1.54) is 49.9 Å². The van der Waals surface area contributed by atoms with Gasteiger partial charge in [0, 0.05) is 6.42 Å². The van der Waals surface area contributed by atoms with E-state index in [-0.39, 0.29) is 5.97 Å². The van der Waals surface area contributed by atoms with Gasteiger partial charge in [-0.05, 0) is 81.1 Å². The van der Waals surface area contributed by atoms with E-state index < -0.39 is 0 Å². The summed E-state index contributed by atoms with van der Waals surface area (Å²) >= 11 is 1.38. The highest BCUT2D eigenvalue weighted by atomic mass is 32.1. The Morgan fingerprint density at radius 3 is 2.59 bits per heavy atom. The highest BCUT2D eigenvalue weighted by Crippen LogP contribution is 2.60. The first-order chi connectivity index (χ1) is 14.0. The van der Waals surface area contributed by atoms with Gasteiger partial charge in [0.1, 0.15) is 16.0 Å². The molecule has 4 bridgehead atoms. The summed E-state index contributed by atoms with van der Waals surface area (Å²) in [5, 5.41) is 5.74. The van der Waals surface area contributed by atoms with Crippen molar-refractivity contribution in [1.29, 1.82) is 0 Å². The van der Waals surface area contributed by atoms with Crippen LogP contribution in [0.4, 0.5) is 0 Å². The molecule has 7 rings (SSSR count). The summed E-state index contributed by atoms with van der Waals surface area (Å²) in [5.74, 6) is 3.44. The number of hydrogen-bond donors (Lipinski definition) is 0. The summed E-state index contributed by atoms with van der Waals surface area (Å²) in [5.41, 5.74) is 2.13. The maximum absolute atomic E-state index is 12.3. The van der Waals surface area contributed by atoms with Crippen LogP contribution in [0.2, 0.25) is 0 Å². The Bertz CT molecular complexity index is 1100. The molecule has 6 nitrogen and oxygen atoms in total. The van der Waals surface area contributed by atoms with Crippen LogP contribution in [0.15, 0.2) is 6.33 Å². The van der Waals surface area contributed by atoms with Crippen LogP contribution in [-0.4, -0.2) is 32.2 Å². The fourth-order valence-electron chi connectivity index (χ4n) is 6.89. The van der Waals surface area contributed by atoms with Gasteiger partial charge in [0.05, 0.1) is 12.0 Å². The van der Waals surface area contributed by atoms with Crippen molar-refractivity contribution in [3.8, 4) is 0 Å². The monoisotopic (exact) mass is 410 g/mol. The zero-order valence-corrected chi connectivity index (χ0v) is 17.8. The van der Waals surface area contributed by atoms with Crippen LogP contribution in [0.1, 0.15) is 66.5 Å². The summed E-state index contributed by atoms with van der Waals surface area (Å²) in [7, 11) is 0. The predicted octanol–water partition coefficient (Wildman–Crippen LogP) is 4.58. The van der Waals surface area contributed by atoms with Gasteiger partial charge in [0.25, 0.3) is 0 Å². The van der Waals surface area contributed by atoms with Crippen LogP contribution >= 0.6 is 11.3 Å². The first kappa shape index (κ1) is 17.8. The maximum Gasteiger partial charge on any atom is 0.348 e. The summed E-state index contributed by atoms with van der Waals surface area (Å²) in [4.78, 5) is 23.3. The highest BCUT2D eigenvalue weighted by molar-refractivity contribution is 7.20. The van der Waals surface area contributed by atoms with E-state index in [9.17, 15) is 4.79 Å². The molecular formula is C22H26N4O2S. The van der Waals surface area contributed by atoms with Gasteiger partial charge < -0.3 is 4.74 Å². The Kier molecular flexibility index (Phi) is 3.83. The number of carbonyl (C=O) groups is 1. The zero-order chi connectivity index (χ0) is 19.8. The number of thiophene rings is 1. The fraction of sp³-hybridized carbons (Fsp3) is 0.636. The van der Waals surface area contributed by atoms with Crippen LogP contribution in [0.3, 0.4) is 0 Å². The zero-order valence-electron chi connectivity index (χ0n) is 17.0. The van der Waals surface area contributed by atoms with Gasteiger partial charge in [-0.2, -0.15) is 0 Å². The molecule has 0 spiro atoms. The molecular weight excluding hydrogens is 384 g/mol. The largest absolute Gasteiger partial charge is 0.462 e. The molecule has 0 radical (unpaired) electrons. The second kappa shape index (κ2) is 6.24. The number of fused-ring (bicyclic) bond motifs is 3. The standard InChI is InChI=1S/C22H26N4O2S/c1-3-28-21(27)18-12(2)17-19-24-16(25-26(19)11-23-20(17)29-18)10-22-7-13-4-14(8-22)6-15(5-13)9-22/h11,13-15H,3-10H2,1-2H3. The van der Waals surface area contributed by atoms with Crippen molar-refractivity contribution in [2.75, 3.05) is 6.61 Å². The predicted molar refractivity (Wildman–Crippen MR) is 111 cm³/mol. The molecule has 4 aliphatic carbocycles. The topological polar surface area (TPSA) is 69.4 Å². The van der Waals surface area contributed by atoms with Crippen LogP contribution in [0, 0.1) is 30.1 Å². The molecule has 0 N–H and O–H groups in total. The lowest BCUT2D eigenvalue weighted by molar-refractivity contribution is -0.0531. The maximum atomic E-state index is 12.3. The minimum atomic E-state index is -0.278. The van der Waals surface area contributed by atoms with Crippen molar-refractivity contribution in [2.24, 2.45) is 23.2 Å². The number of hydrogen-bond acceptors (Lipinski definition) is 6. The van der Waals surface area contributed by atoms with E-state index in [0.717, 1.165) is 51.4 Å². The van der Waals surface area contributed by atoms with Crippen molar-refractivity contribution in [1.82, 2.24) is 19.6 Å². The van der Waals surface area contributed by atoms with E-state index in [1.54, 1.807) is 10.8 Å². The number of aryl methyl sites for hydroxylation is 1. The molecule has 3 aromatic heterocycles. The van der Waals surface area contributed by atoms with Crippen molar-refractivity contribution in [2.45, 2.75) is 58.8 Å². The van der Waals surface area contributed by atoms with E-state index in [4.69, 9.17) is 14.8 Å². The first-order valence-electron chi connectivity index (χ1n) is 10.8. The minimum Gasteiger partial charge on any atom is -0.462 e. The first-order valence-corrected chi connectivity index (χ1v) is 11.7. The van der Waals surface area contributed by atoms with E-state index in [1.807, 2.05) is 13.8 Å². The molecule has 0 aromatic carbocycles. The Hall–Kier alpha value is -2.02. The lowest BCUT2D eigenvalue weighted by Gasteiger charge is -2.56. The molecule has 3 aromatic rings. The van der Waals surface area contributed by atoms with Crippen molar-refractivity contribution in [3.05, 3.63) is 22.6 Å². The lowest BCUT2D eigenvalue weighted by Crippen LogP contribution is -2.47. The minimum absolute atomic E-state index is 0.278. The van der Waals surface area contributed by atoms with Gasteiger partial charge in [-0.3, -0.25) is 0 Å². The summed E-state index contributed by atoms with van der Waals surface area (Å²) in [6.07, 6.45) is 11.1. The summed E-state index contributed by atoms with van der Waals surface area (Å²) < 4.78 is 7.01. The van der Waals surface area contributed by atoms with Gasteiger partial charge in [-0.15, -0.1) is 16.4 Å².